The molecular weight excluding hydrogens is 337 g/mol. The third kappa shape index (κ3) is 3.61. The van der Waals surface area contributed by atoms with Gasteiger partial charge in [0.05, 0.1) is 18.0 Å². The van der Waals surface area contributed by atoms with Crippen molar-refractivity contribution >= 4 is 10.0 Å². The Balaban J connectivity index is 1.60. The molecule has 0 atom stereocenters. The molecule has 0 spiro atoms. The Morgan fingerprint density at radius 2 is 1.83 bits per heavy atom. The van der Waals surface area contributed by atoms with Crippen molar-refractivity contribution in [3.63, 3.8) is 0 Å². The predicted octanol–water partition coefficient (Wildman–Crippen LogP) is 0.174. The smallest absolute Gasteiger partial charge is 0.243 e. The highest BCUT2D eigenvalue weighted by atomic mass is 32.2. The van der Waals surface area contributed by atoms with Crippen molar-refractivity contribution < 1.29 is 17.3 Å². The normalized spacial score (nSPS) is 17.2. The molecule has 1 aromatic heterocycles. The lowest BCUT2D eigenvalue weighted by Crippen LogP contribution is -2.48. The van der Waals surface area contributed by atoms with Gasteiger partial charge in [0.25, 0.3) is 0 Å². The fourth-order valence-corrected chi connectivity index (χ4v) is 3.94. The van der Waals surface area contributed by atoms with Crippen LogP contribution in [-0.2, 0) is 23.1 Å². The quantitative estimate of drug-likeness (QED) is 0.815. The molecule has 10 heteroatoms. The van der Waals surface area contributed by atoms with Gasteiger partial charge in [0, 0.05) is 26.2 Å². The van der Waals surface area contributed by atoms with E-state index in [1.807, 2.05) is 4.90 Å². The number of benzene rings is 1. The fourth-order valence-electron chi connectivity index (χ4n) is 2.52. The van der Waals surface area contributed by atoms with Crippen LogP contribution in [0, 0.1) is 5.82 Å². The minimum absolute atomic E-state index is 0.100. The van der Waals surface area contributed by atoms with E-state index >= 15 is 0 Å². The maximum atomic E-state index is 13.0. The highest BCUT2D eigenvalue weighted by Crippen LogP contribution is 2.18. The van der Waals surface area contributed by atoms with Crippen LogP contribution < -0.4 is 5.73 Å². The van der Waals surface area contributed by atoms with Crippen molar-refractivity contribution in [3.05, 3.63) is 41.8 Å². The van der Waals surface area contributed by atoms with Crippen molar-refractivity contribution in [2.24, 2.45) is 5.73 Å². The van der Waals surface area contributed by atoms with Crippen LogP contribution in [-0.4, -0.2) is 53.9 Å². The lowest BCUT2D eigenvalue weighted by Gasteiger charge is -2.33. The van der Waals surface area contributed by atoms with Gasteiger partial charge in [0.2, 0.25) is 15.9 Å². The Labute approximate surface area is 139 Å². The molecule has 1 aromatic carbocycles. The minimum Gasteiger partial charge on any atom is -0.338 e. The lowest BCUT2D eigenvalue weighted by atomic mass is 10.3. The van der Waals surface area contributed by atoms with Gasteiger partial charge in [-0.3, -0.25) is 4.90 Å². The number of hydrogen-bond acceptors (Lipinski definition) is 7. The number of sulfonamides is 1. The zero-order valence-corrected chi connectivity index (χ0v) is 13.7. The summed E-state index contributed by atoms with van der Waals surface area (Å²) in [5, 5.41) is 3.83. The Hall–Kier alpha value is -1.88. The summed E-state index contributed by atoms with van der Waals surface area (Å²) in [6.45, 7) is 2.47. The molecule has 0 aliphatic carbocycles. The zero-order chi connectivity index (χ0) is 17.2. The largest absolute Gasteiger partial charge is 0.338 e. The molecule has 2 aromatic rings. The van der Waals surface area contributed by atoms with E-state index < -0.39 is 15.8 Å². The molecule has 0 radical (unpaired) electrons. The first-order valence-corrected chi connectivity index (χ1v) is 8.92. The van der Waals surface area contributed by atoms with Crippen LogP contribution in [0.4, 0.5) is 4.39 Å². The Kier molecular flexibility index (Phi) is 4.90. The molecule has 2 N–H and O–H groups in total. The topological polar surface area (TPSA) is 106 Å². The molecule has 1 saturated heterocycles. The second-order valence-corrected chi connectivity index (χ2v) is 7.38. The number of aromatic nitrogens is 2. The second-order valence-electron chi connectivity index (χ2n) is 5.44. The molecule has 1 fully saturated rings. The summed E-state index contributed by atoms with van der Waals surface area (Å²) in [5.74, 6) is 0.448. The van der Waals surface area contributed by atoms with Crippen molar-refractivity contribution in [1.29, 1.82) is 0 Å². The molecule has 2 heterocycles. The van der Waals surface area contributed by atoms with Crippen molar-refractivity contribution in [2.45, 2.75) is 18.0 Å². The molecule has 24 heavy (non-hydrogen) atoms. The Morgan fingerprint density at radius 1 is 1.17 bits per heavy atom. The molecule has 1 aliphatic heterocycles. The van der Waals surface area contributed by atoms with Gasteiger partial charge in [0.1, 0.15) is 5.82 Å². The van der Waals surface area contributed by atoms with E-state index in [0.717, 1.165) is 12.1 Å². The summed E-state index contributed by atoms with van der Waals surface area (Å²) in [6.07, 6.45) is 0. The van der Waals surface area contributed by atoms with Gasteiger partial charge in [-0.15, -0.1) is 0 Å². The second kappa shape index (κ2) is 6.93. The zero-order valence-electron chi connectivity index (χ0n) is 12.9. The van der Waals surface area contributed by atoms with Gasteiger partial charge in [0.15, 0.2) is 5.82 Å². The van der Waals surface area contributed by atoms with Gasteiger partial charge in [-0.2, -0.15) is 9.29 Å². The Morgan fingerprint density at radius 3 is 2.42 bits per heavy atom. The SMILES string of the molecule is NCc1nc(CN2CCN(S(=O)(=O)c3ccc(F)cc3)CC2)no1. The van der Waals surface area contributed by atoms with E-state index in [0.29, 0.717) is 44.4 Å². The number of hydrogen-bond donors (Lipinski definition) is 1. The van der Waals surface area contributed by atoms with Crippen LogP contribution in [0.1, 0.15) is 11.7 Å². The van der Waals surface area contributed by atoms with E-state index in [1.54, 1.807) is 0 Å². The summed E-state index contributed by atoms with van der Waals surface area (Å²) in [4.78, 5) is 6.28. The first kappa shape index (κ1) is 17.0. The number of piperazine rings is 1. The predicted molar refractivity (Wildman–Crippen MR) is 82.6 cm³/mol. The fraction of sp³-hybridized carbons (Fsp3) is 0.429. The lowest BCUT2D eigenvalue weighted by molar-refractivity contribution is 0.176. The van der Waals surface area contributed by atoms with Crippen LogP contribution in [0.3, 0.4) is 0 Å². The summed E-state index contributed by atoms with van der Waals surface area (Å²) >= 11 is 0. The first-order valence-electron chi connectivity index (χ1n) is 7.48. The molecule has 0 unspecified atom stereocenters. The molecule has 3 rings (SSSR count). The number of nitrogens with two attached hydrogens (primary N) is 1. The monoisotopic (exact) mass is 355 g/mol. The van der Waals surface area contributed by atoms with Crippen LogP contribution in [0.2, 0.25) is 0 Å². The van der Waals surface area contributed by atoms with Crippen LogP contribution in [0.5, 0.6) is 0 Å². The van der Waals surface area contributed by atoms with E-state index in [2.05, 4.69) is 10.1 Å². The van der Waals surface area contributed by atoms with Gasteiger partial charge >= 0.3 is 0 Å². The minimum atomic E-state index is -3.60. The van der Waals surface area contributed by atoms with E-state index in [1.165, 1.54) is 16.4 Å². The number of nitrogens with zero attached hydrogens (tertiary/aromatic N) is 4. The number of halogens is 1. The third-order valence-corrected chi connectivity index (χ3v) is 5.75. The highest BCUT2D eigenvalue weighted by molar-refractivity contribution is 7.89. The molecule has 0 saturated carbocycles. The van der Waals surface area contributed by atoms with E-state index in [4.69, 9.17) is 10.3 Å². The summed E-state index contributed by atoms with van der Waals surface area (Å²) < 4.78 is 44.4. The summed E-state index contributed by atoms with van der Waals surface area (Å²) in [5.41, 5.74) is 5.42. The molecule has 0 bridgehead atoms. The van der Waals surface area contributed by atoms with Gasteiger partial charge in [-0.1, -0.05) is 5.16 Å². The molecule has 8 nitrogen and oxygen atoms in total. The van der Waals surface area contributed by atoms with Gasteiger partial charge < -0.3 is 10.3 Å². The Bertz CT molecular complexity index is 785. The third-order valence-electron chi connectivity index (χ3n) is 3.83. The van der Waals surface area contributed by atoms with Gasteiger partial charge in [-0.25, -0.2) is 12.8 Å². The molecule has 1 aliphatic rings. The molecular formula is C14H18FN5O3S. The van der Waals surface area contributed by atoms with Crippen LogP contribution >= 0.6 is 0 Å². The summed E-state index contributed by atoms with van der Waals surface area (Å²) in [7, 11) is -3.60. The van der Waals surface area contributed by atoms with E-state index in [9.17, 15) is 12.8 Å². The van der Waals surface area contributed by atoms with Gasteiger partial charge in [-0.05, 0) is 24.3 Å². The maximum absolute atomic E-state index is 13.0. The van der Waals surface area contributed by atoms with Crippen molar-refractivity contribution in [2.75, 3.05) is 26.2 Å². The van der Waals surface area contributed by atoms with Crippen molar-refractivity contribution in [1.82, 2.24) is 19.3 Å². The van der Waals surface area contributed by atoms with Crippen molar-refractivity contribution in [3.8, 4) is 0 Å². The van der Waals surface area contributed by atoms with Crippen LogP contribution in [0.25, 0.3) is 0 Å². The van der Waals surface area contributed by atoms with E-state index in [-0.39, 0.29) is 11.4 Å². The maximum Gasteiger partial charge on any atom is 0.243 e. The molecule has 130 valence electrons. The standard InChI is InChI=1S/C14H18FN5O3S/c15-11-1-3-12(4-2-11)24(21,22)20-7-5-19(6-8-20)10-13-17-14(9-16)23-18-13/h1-4H,5-10,16H2. The van der Waals surface area contributed by atoms with Crippen LogP contribution in [0.15, 0.2) is 33.7 Å². The number of rotatable bonds is 5. The molecule has 0 amide bonds. The highest BCUT2D eigenvalue weighted by Gasteiger charge is 2.28. The summed E-state index contributed by atoms with van der Waals surface area (Å²) in [6, 6.07) is 4.86. The average molecular weight is 355 g/mol. The first-order chi connectivity index (χ1) is 11.5. The average Bonchev–Trinajstić information content (AvgIpc) is 3.03.